The van der Waals surface area contributed by atoms with Crippen molar-refractivity contribution in [1.82, 2.24) is 9.80 Å². The molecule has 0 bridgehead atoms. The van der Waals surface area contributed by atoms with Crippen LogP contribution in [0.2, 0.25) is 0 Å². The lowest BCUT2D eigenvalue weighted by atomic mass is 9.62. The normalized spacial score (nSPS) is 40.0. The average molecular weight is 319 g/mol. The van der Waals surface area contributed by atoms with Crippen LogP contribution in [0.15, 0.2) is 0 Å². The number of hydrogen-bond donors (Lipinski definition) is 0. The zero-order valence-electron chi connectivity index (χ0n) is 16.2. The Hall–Kier alpha value is -0.0800. The fourth-order valence-corrected chi connectivity index (χ4v) is 6.32. The Bertz CT molecular complexity index is 453. The highest BCUT2D eigenvalue weighted by atomic mass is 15.4. The summed E-state index contributed by atoms with van der Waals surface area (Å²) >= 11 is 0. The van der Waals surface area contributed by atoms with Gasteiger partial charge in [0.25, 0.3) is 0 Å². The highest BCUT2D eigenvalue weighted by Gasteiger charge is 2.63. The molecule has 2 heteroatoms. The first kappa shape index (κ1) is 16.4. The van der Waals surface area contributed by atoms with E-state index in [1.54, 1.807) is 0 Å². The number of piperidine rings is 1. The first-order valence-corrected chi connectivity index (χ1v) is 10.2. The lowest BCUT2D eigenvalue weighted by Gasteiger charge is -2.53. The van der Waals surface area contributed by atoms with E-state index in [1.165, 1.54) is 71.0 Å². The quantitative estimate of drug-likeness (QED) is 0.697. The Morgan fingerprint density at radius 1 is 0.913 bits per heavy atom. The molecule has 2 saturated heterocycles. The molecule has 23 heavy (non-hydrogen) atoms. The lowest BCUT2D eigenvalue weighted by molar-refractivity contribution is -0.0238. The van der Waals surface area contributed by atoms with E-state index in [-0.39, 0.29) is 0 Å². The summed E-state index contributed by atoms with van der Waals surface area (Å²) in [5, 5.41) is 0. The topological polar surface area (TPSA) is 6.25 Å². The number of likely N-dealkylation sites (tertiary alicyclic amines) is 1. The van der Waals surface area contributed by atoms with E-state index >= 15 is 0 Å². The minimum atomic E-state index is 0.379. The fourth-order valence-electron chi connectivity index (χ4n) is 6.32. The van der Waals surface area contributed by atoms with Crippen molar-refractivity contribution in [3.63, 3.8) is 0 Å². The molecule has 1 unspecified atom stereocenters. The van der Waals surface area contributed by atoms with Gasteiger partial charge in [-0.15, -0.1) is 0 Å². The zero-order valence-corrected chi connectivity index (χ0v) is 16.2. The molecule has 2 aliphatic heterocycles. The third-order valence-corrected chi connectivity index (χ3v) is 7.95. The molecule has 1 atom stereocenters. The van der Waals surface area contributed by atoms with Crippen molar-refractivity contribution in [2.24, 2.45) is 11.3 Å². The second-order valence-electron chi connectivity index (χ2n) is 11.1. The Balaban J connectivity index is 1.27. The molecule has 0 radical (unpaired) electrons. The van der Waals surface area contributed by atoms with E-state index in [0.717, 1.165) is 11.3 Å². The smallest absolute Gasteiger partial charge is 0.0348 e. The van der Waals surface area contributed by atoms with Crippen LogP contribution in [-0.4, -0.2) is 46.1 Å². The molecule has 0 aromatic carbocycles. The number of rotatable bonds is 3. The van der Waals surface area contributed by atoms with E-state index in [9.17, 15) is 0 Å². The summed E-state index contributed by atoms with van der Waals surface area (Å²) in [4.78, 5) is 5.57. The maximum atomic E-state index is 2.83. The molecule has 2 aliphatic carbocycles. The van der Waals surface area contributed by atoms with Crippen LogP contribution >= 0.6 is 0 Å². The van der Waals surface area contributed by atoms with E-state index in [0.29, 0.717) is 16.6 Å². The van der Waals surface area contributed by atoms with Crippen molar-refractivity contribution < 1.29 is 0 Å². The van der Waals surface area contributed by atoms with Crippen LogP contribution in [0.3, 0.4) is 0 Å². The van der Waals surface area contributed by atoms with Gasteiger partial charge in [-0.1, -0.05) is 6.42 Å². The van der Waals surface area contributed by atoms with Crippen LogP contribution in [0.25, 0.3) is 0 Å². The summed E-state index contributed by atoms with van der Waals surface area (Å²) in [6.45, 7) is 16.3. The largest absolute Gasteiger partial charge is 0.298 e. The van der Waals surface area contributed by atoms with Gasteiger partial charge >= 0.3 is 0 Å². The second kappa shape index (κ2) is 4.97. The molecule has 0 amide bonds. The van der Waals surface area contributed by atoms with Crippen LogP contribution in [0.1, 0.15) is 86.0 Å². The fraction of sp³-hybridized carbons (Fsp3) is 1.00. The van der Waals surface area contributed by atoms with Gasteiger partial charge in [0.1, 0.15) is 0 Å². The molecule has 4 rings (SSSR count). The summed E-state index contributed by atoms with van der Waals surface area (Å²) in [5.74, 6) is 0.969. The van der Waals surface area contributed by atoms with E-state index in [4.69, 9.17) is 0 Å². The molecule has 0 N–H and O–H groups in total. The summed E-state index contributed by atoms with van der Waals surface area (Å²) in [6, 6.07) is 0. The predicted octanol–water partition coefficient (Wildman–Crippen LogP) is 4.68. The minimum Gasteiger partial charge on any atom is -0.298 e. The van der Waals surface area contributed by atoms with E-state index in [1.807, 2.05) is 0 Å². The maximum absolute atomic E-state index is 2.83. The third-order valence-electron chi connectivity index (χ3n) is 7.95. The van der Waals surface area contributed by atoms with Crippen molar-refractivity contribution in [3.8, 4) is 0 Å². The highest BCUT2D eigenvalue weighted by molar-refractivity contribution is 5.19. The van der Waals surface area contributed by atoms with Gasteiger partial charge in [0, 0.05) is 23.2 Å². The third kappa shape index (κ3) is 2.78. The molecule has 2 nitrogen and oxygen atoms in total. The molecule has 2 heterocycles. The van der Waals surface area contributed by atoms with Crippen LogP contribution in [0.4, 0.5) is 0 Å². The van der Waals surface area contributed by atoms with Crippen molar-refractivity contribution in [2.45, 2.75) is 103 Å². The van der Waals surface area contributed by atoms with Crippen molar-refractivity contribution in [3.05, 3.63) is 0 Å². The SMILES string of the molecule is CC(C)(C)N1CC12CC(CC(C)(C)N1CCC3(CCC3)CC1)C2. The molecule has 2 saturated carbocycles. The van der Waals surface area contributed by atoms with Gasteiger partial charge in [-0.2, -0.15) is 0 Å². The second-order valence-corrected chi connectivity index (χ2v) is 11.1. The molecular formula is C21H38N2. The molecule has 4 aliphatic rings. The highest BCUT2D eigenvalue weighted by Crippen LogP contribution is 2.58. The zero-order chi connectivity index (χ0) is 16.5. The van der Waals surface area contributed by atoms with Gasteiger partial charge in [-0.25, -0.2) is 0 Å². The van der Waals surface area contributed by atoms with E-state index < -0.39 is 0 Å². The molecule has 4 fully saturated rings. The van der Waals surface area contributed by atoms with Crippen molar-refractivity contribution in [2.75, 3.05) is 19.6 Å². The van der Waals surface area contributed by atoms with Crippen LogP contribution in [0, 0.1) is 11.3 Å². The Morgan fingerprint density at radius 3 is 1.96 bits per heavy atom. The Labute approximate surface area is 144 Å². The predicted molar refractivity (Wildman–Crippen MR) is 97.7 cm³/mol. The first-order valence-electron chi connectivity index (χ1n) is 10.2. The van der Waals surface area contributed by atoms with Gasteiger partial charge in [0.2, 0.25) is 0 Å². The van der Waals surface area contributed by atoms with Crippen LogP contribution < -0.4 is 0 Å². The van der Waals surface area contributed by atoms with Gasteiger partial charge < -0.3 is 0 Å². The van der Waals surface area contributed by atoms with Gasteiger partial charge in [-0.05, 0) is 104 Å². The lowest BCUT2D eigenvalue weighted by Crippen LogP contribution is -2.54. The summed E-state index contributed by atoms with van der Waals surface area (Å²) in [6.07, 6.45) is 11.8. The first-order chi connectivity index (χ1) is 10.6. The molecule has 2 spiro atoms. The minimum absolute atomic E-state index is 0.379. The Morgan fingerprint density at radius 2 is 1.52 bits per heavy atom. The summed E-state index contributed by atoms with van der Waals surface area (Å²) in [5.41, 5.74) is 2.20. The van der Waals surface area contributed by atoms with Crippen LogP contribution in [0.5, 0.6) is 0 Å². The molecule has 132 valence electrons. The Kier molecular flexibility index (Phi) is 3.54. The van der Waals surface area contributed by atoms with Crippen molar-refractivity contribution in [1.29, 1.82) is 0 Å². The molecule has 0 aromatic rings. The number of hydrogen-bond acceptors (Lipinski definition) is 2. The summed E-state index contributed by atoms with van der Waals surface area (Å²) < 4.78 is 0. The number of nitrogens with zero attached hydrogens (tertiary/aromatic N) is 2. The average Bonchev–Trinajstić information content (AvgIpc) is 3.12. The molecular weight excluding hydrogens is 280 g/mol. The van der Waals surface area contributed by atoms with Gasteiger partial charge in [-0.3, -0.25) is 9.80 Å². The standard InChI is InChI=1S/C21H38N2/c1-18(2,3)23-16-21(23)14-17(15-21)13-19(4,5)22-11-9-20(10-12-22)7-6-8-20/h17H,6-16H2,1-5H3. The van der Waals surface area contributed by atoms with Gasteiger partial charge in [0.05, 0.1) is 0 Å². The monoisotopic (exact) mass is 318 g/mol. The van der Waals surface area contributed by atoms with Crippen molar-refractivity contribution >= 4 is 0 Å². The maximum Gasteiger partial charge on any atom is 0.0348 e. The van der Waals surface area contributed by atoms with Gasteiger partial charge in [0.15, 0.2) is 0 Å². The molecule has 0 aromatic heterocycles. The van der Waals surface area contributed by atoms with Crippen LogP contribution in [-0.2, 0) is 0 Å². The summed E-state index contributed by atoms with van der Waals surface area (Å²) in [7, 11) is 0. The van der Waals surface area contributed by atoms with E-state index in [2.05, 4.69) is 44.4 Å².